The summed E-state index contributed by atoms with van der Waals surface area (Å²) in [5.74, 6) is 0. The van der Waals surface area contributed by atoms with E-state index in [9.17, 15) is 0 Å². The molecule has 0 N–H and O–H groups in total. The smallest absolute Gasteiger partial charge is 0.0645 e. The Morgan fingerprint density at radius 1 is 0.515 bits per heavy atom. The van der Waals surface area contributed by atoms with Crippen molar-refractivity contribution in [1.82, 2.24) is 9.13 Å². The van der Waals surface area contributed by atoms with Crippen LogP contribution >= 0.6 is 0 Å². The Balaban J connectivity index is 1.83. The van der Waals surface area contributed by atoms with Crippen LogP contribution in [0.1, 0.15) is 49.6 Å². The fraction of sp³-hybridized carbons (Fsp3) is 0.0968. The molecule has 0 aliphatic heterocycles. The Labute approximate surface area is 219 Å². The van der Waals surface area contributed by atoms with Crippen molar-refractivity contribution in [1.29, 1.82) is 0 Å². The summed E-state index contributed by atoms with van der Waals surface area (Å²) in [5.41, 5.74) is -2.56. The van der Waals surface area contributed by atoms with Crippen molar-refractivity contribution in [3.63, 3.8) is 0 Å². The molecule has 4 aromatic carbocycles. The van der Waals surface area contributed by atoms with E-state index in [4.69, 9.17) is 24.7 Å². The summed E-state index contributed by atoms with van der Waals surface area (Å²) >= 11 is 0. The summed E-state index contributed by atoms with van der Waals surface area (Å²) in [4.78, 5) is 0. The van der Waals surface area contributed by atoms with Gasteiger partial charge in [0.15, 0.2) is 0 Å². The molecular weight excluding hydrogens is 400 g/mol. The molecule has 0 bridgehead atoms. The second kappa shape index (κ2) is 7.53. The third-order valence-electron chi connectivity index (χ3n) is 5.67. The van der Waals surface area contributed by atoms with Crippen LogP contribution in [0.25, 0.3) is 33.2 Å². The van der Waals surface area contributed by atoms with E-state index in [-0.39, 0.29) is 32.9 Å². The number of para-hydroxylation sites is 4. The van der Waals surface area contributed by atoms with Crippen molar-refractivity contribution in [3.8, 4) is 11.4 Å². The van der Waals surface area contributed by atoms with Crippen LogP contribution in [0.5, 0.6) is 0 Å². The highest BCUT2D eigenvalue weighted by Gasteiger charge is 2.31. The maximum absolute atomic E-state index is 8.94. The van der Waals surface area contributed by atoms with Crippen LogP contribution in [0.15, 0.2) is 121 Å². The largest absolute Gasteiger partial charge is 0.316 e. The van der Waals surface area contributed by atoms with Gasteiger partial charge in [0.2, 0.25) is 0 Å². The Morgan fingerprint density at radius 2 is 0.879 bits per heavy atom. The summed E-state index contributed by atoms with van der Waals surface area (Å²) < 4.78 is 155. The molecule has 6 rings (SSSR count). The summed E-state index contributed by atoms with van der Waals surface area (Å²) in [6.45, 7) is 3.16. The Bertz CT molecular complexity index is 2310. The first-order valence-electron chi connectivity index (χ1n) is 19.0. The van der Waals surface area contributed by atoms with Gasteiger partial charge in [-0.2, -0.15) is 0 Å². The average Bonchev–Trinajstić information content (AvgIpc) is 3.69. The molecule has 6 aromatic rings. The number of hydrogen-bond donors (Lipinski definition) is 0. The zero-order chi connectivity index (χ0) is 38.1. The zero-order valence-corrected chi connectivity index (χ0v) is 17.5. The lowest BCUT2D eigenvalue weighted by molar-refractivity contribution is 0.650. The number of hydrogen-bond acceptors (Lipinski definition) is 0. The number of aromatic nitrogens is 2. The van der Waals surface area contributed by atoms with E-state index in [2.05, 4.69) is 0 Å². The summed E-state index contributed by atoms with van der Waals surface area (Å²) in [5, 5.41) is -0.218. The lowest BCUT2D eigenvalue weighted by Gasteiger charge is -2.24. The Hall–Kier alpha value is -4.04. The van der Waals surface area contributed by atoms with Crippen LogP contribution in [0.4, 0.5) is 0 Å². The Morgan fingerprint density at radius 3 is 1.30 bits per heavy atom. The molecule has 0 unspecified atom stereocenters. The van der Waals surface area contributed by atoms with Gasteiger partial charge in [-0.25, -0.2) is 0 Å². The summed E-state index contributed by atoms with van der Waals surface area (Å²) in [6.07, 6.45) is 2.60. The van der Waals surface area contributed by atoms with Crippen molar-refractivity contribution < 1.29 is 24.7 Å². The second-order valence-corrected chi connectivity index (χ2v) is 7.84. The number of fused-ring (bicyclic) bond motifs is 2. The van der Waals surface area contributed by atoms with E-state index in [0.717, 1.165) is 9.13 Å². The number of rotatable bonds is 4. The van der Waals surface area contributed by atoms with E-state index in [1.807, 2.05) is 0 Å². The third-order valence-corrected chi connectivity index (χ3v) is 5.67. The predicted octanol–water partition coefficient (Wildman–Crippen LogP) is 7.90. The van der Waals surface area contributed by atoms with E-state index >= 15 is 0 Å². The molecule has 0 aliphatic rings. The monoisotopic (exact) mass is 444 g/mol. The minimum Gasteiger partial charge on any atom is -0.316 e. The van der Waals surface area contributed by atoms with E-state index in [1.54, 1.807) is 13.8 Å². The fourth-order valence-electron chi connectivity index (χ4n) is 4.05. The number of benzene rings is 4. The van der Waals surface area contributed by atoms with Gasteiger partial charge in [0.25, 0.3) is 0 Å². The molecule has 0 spiro atoms. The van der Waals surface area contributed by atoms with Gasteiger partial charge in [0.1, 0.15) is 0 Å². The highest BCUT2D eigenvalue weighted by molar-refractivity contribution is 5.91. The van der Waals surface area contributed by atoms with Crippen LogP contribution in [-0.4, -0.2) is 9.13 Å². The molecule has 0 atom stereocenters. The second-order valence-electron chi connectivity index (χ2n) is 7.84. The quantitative estimate of drug-likeness (QED) is 0.261. The van der Waals surface area contributed by atoms with Crippen molar-refractivity contribution in [2.24, 2.45) is 0 Å². The normalized spacial score (nSPS) is 19.6. The van der Waals surface area contributed by atoms with Gasteiger partial charge >= 0.3 is 0 Å². The molecule has 2 nitrogen and oxygen atoms in total. The minimum atomic E-state index is -1.51. The van der Waals surface area contributed by atoms with Crippen molar-refractivity contribution in [2.45, 2.75) is 19.3 Å². The molecular formula is C31H26N2. The fourth-order valence-corrected chi connectivity index (χ4v) is 4.05. The molecule has 2 aromatic heterocycles. The lowest BCUT2D eigenvalue weighted by Crippen LogP contribution is -2.18. The van der Waals surface area contributed by atoms with E-state index in [1.165, 1.54) is 12.4 Å². The molecule has 0 radical (unpaired) electrons. The van der Waals surface area contributed by atoms with Crippen molar-refractivity contribution in [3.05, 3.63) is 132 Å². The van der Waals surface area contributed by atoms with Gasteiger partial charge in [-0.15, -0.1) is 0 Å². The molecule has 0 aliphatic carbocycles. The molecule has 33 heavy (non-hydrogen) atoms. The average molecular weight is 445 g/mol. The van der Waals surface area contributed by atoms with Crippen molar-refractivity contribution >= 4 is 21.8 Å². The van der Waals surface area contributed by atoms with Crippen LogP contribution in [-0.2, 0) is 5.41 Å². The van der Waals surface area contributed by atoms with Crippen LogP contribution in [0.3, 0.4) is 0 Å². The van der Waals surface area contributed by atoms with Gasteiger partial charge < -0.3 is 9.13 Å². The molecule has 0 saturated heterocycles. The topological polar surface area (TPSA) is 9.86 Å². The maximum atomic E-state index is 8.94. The third kappa shape index (κ3) is 3.10. The van der Waals surface area contributed by atoms with Gasteiger partial charge in [0.05, 0.1) is 35.7 Å². The SMILES string of the molecule is [2H]c1c([2H])c([2H])c(-n2cc(C(C)(C)c3cn(-c4c([2H])c([2H])c([2H])c([2H])c4[2H])c4c([2H])c([2H])c([2H])c([2H])c34)c3c([2H])c([2H])c([2H])c([2H])c32)c([2H])c1[2H]. The van der Waals surface area contributed by atoms with Gasteiger partial charge in [-0.1, -0.05) is 86.4 Å². The van der Waals surface area contributed by atoms with E-state index in [0.29, 0.717) is 0 Å². The number of nitrogens with zero attached hydrogens (tertiary/aromatic N) is 2. The van der Waals surface area contributed by atoms with Gasteiger partial charge in [-0.3, -0.25) is 0 Å². The standard InChI is InChI=1S/C31H26N2/c1-31(2,27-21-32(23-13-5-3-6-14-23)29-19-11-9-17-25(27)29)28-22-33(24-15-7-4-8-16-24)30-20-12-10-18-26(28)30/h3-22H,1-2H3/i3D,4D,5D,6D,7D,8D,9D,10D,11D,12D,13D,14D,15D,16D,17D,18D,19D,20D. The van der Waals surface area contributed by atoms with E-state index < -0.39 is 126 Å². The molecule has 2 heteroatoms. The van der Waals surface area contributed by atoms with Crippen molar-refractivity contribution in [2.75, 3.05) is 0 Å². The molecule has 2 heterocycles. The first-order chi connectivity index (χ1) is 23.6. The van der Waals surface area contributed by atoms with Crippen LogP contribution in [0.2, 0.25) is 0 Å². The predicted molar refractivity (Wildman–Crippen MR) is 139 cm³/mol. The van der Waals surface area contributed by atoms with Gasteiger partial charge in [-0.05, 0) is 47.4 Å². The first kappa shape index (κ1) is 8.39. The Kier molecular flexibility index (Phi) is 1.91. The van der Waals surface area contributed by atoms with Crippen LogP contribution in [0, 0.1) is 0 Å². The summed E-state index contributed by atoms with van der Waals surface area (Å²) in [6, 6.07) is -11.5. The van der Waals surface area contributed by atoms with Gasteiger partial charge in [0, 0.05) is 40.0 Å². The maximum Gasteiger partial charge on any atom is 0.0645 e. The molecule has 0 amide bonds. The minimum absolute atomic E-state index is 0.101. The molecule has 160 valence electrons. The van der Waals surface area contributed by atoms with Crippen LogP contribution < -0.4 is 0 Å². The highest BCUT2D eigenvalue weighted by Crippen LogP contribution is 2.42. The summed E-state index contributed by atoms with van der Waals surface area (Å²) in [7, 11) is 0. The molecule has 0 saturated carbocycles. The highest BCUT2D eigenvalue weighted by atomic mass is 15.0. The first-order valence-corrected chi connectivity index (χ1v) is 9.99. The lowest BCUT2D eigenvalue weighted by atomic mass is 9.78. The molecule has 0 fully saturated rings. The zero-order valence-electron chi connectivity index (χ0n) is 35.5.